The Kier molecular flexibility index (Phi) is 4.53. The maximum atomic E-state index is 12.0. The molecule has 1 heterocycles. The van der Waals surface area contributed by atoms with Gasteiger partial charge in [-0.1, -0.05) is 0 Å². The Balaban J connectivity index is 2.79. The van der Waals surface area contributed by atoms with Gasteiger partial charge >= 0.3 is 6.09 Å². The Hall–Kier alpha value is -0.910. The largest absolute Gasteiger partial charge is 0.444 e. The summed E-state index contributed by atoms with van der Waals surface area (Å²) in [7, 11) is 3.36. The summed E-state index contributed by atoms with van der Waals surface area (Å²) in [5.41, 5.74) is -0.558. The predicted octanol–water partition coefficient (Wildman–Crippen LogP) is 1.38. The van der Waals surface area contributed by atoms with Crippen molar-refractivity contribution in [3.63, 3.8) is 0 Å². The first kappa shape index (κ1) is 15.1. The highest BCUT2D eigenvalue weighted by atomic mass is 32.1. The average molecular weight is 274 g/mol. The minimum atomic E-state index is -0.558. The van der Waals surface area contributed by atoms with Crippen LogP contribution in [0.2, 0.25) is 0 Å². The molecule has 1 aliphatic heterocycles. The highest BCUT2D eigenvalue weighted by molar-refractivity contribution is 7.81. The second-order valence-corrected chi connectivity index (χ2v) is 6.50. The Morgan fingerprint density at radius 2 is 1.89 bits per heavy atom. The molecule has 1 rings (SSSR count). The number of rotatable bonds is 1. The zero-order valence-corrected chi connectivity index (χ0v) is 12.5. The molecule has 6 heteroatoms. The van der Waals surface area contributed by atoms with Gasteiger partial charge in [-0.15, -0.1) is 0 Å². The lowest BCUT2D eigenvalue weighted by molar-refractivity contribution is -0.133. The van der Waals surface area contributed by atoms with Crippen molar-refractivity contribution in [1.82, 2.24) is 9.80 Å². The van der Waals surface area contributed by atoms with Gasteiger partial charge in [0.05, 0.1) is 0 Å². The fourth-order valence-electron chi connectivity index (χ4n) is 1.87. The van der Waals surface area contributed by atoms with Crippen LogP contribution in [0.25, 0.3) is 0 Å². The first-order valence-corrected chi connectivity index (χ1v) is 6.52. The third-order valence-corrected chi connectivity index (χ3v) is 3.01. The summed E-state index contributed by atoms with van der Waals surface area (Å²) >= 11 is 4.36. The molecule has 0 aromatic heterocycles. The molecule has 1 fully saturated rings. The van der Waals surface area contributed by atoms with E-state index in [0.29, 0.717) is 13.0 Å². The Labute approximate surface area is 114 Å². The number of carbonyl (C=O) groups excluding carboxylic acids is 2. The smallest absolute Gasteiger partial charge is 0.411 e. The fourth-order valence-corrected chi connectivity index (χ4v) is 2.24. The van der Waals surface area contributed by atoms with Crippen molar-refractivity contribution in [3.8, 4) is 0 Å². The van der Waals surface area contributed by atoms with Crippen LogP contribution in [-0.2, 0) is 9.53 Å². The second kappa shape index (κ2) is 5.38. The molecular formula is C12H22N2O3S. The van der Waals surface area contributed by atoms with Crippen molar-refractivity contribution in [2.75, 3.05) is 20.6 Å². The van der Waals surface area contributed by atoms with E-state index in [2.05, 4.69) is 12.6 Å². The standard InChI is InChI=1S/C12H22N2O3S/c1-12(2,3)17-11(16)14-7-8(18)6-9(14)10(15)13(4)5/h8-9,18H,6-7H2,1-5H3/t8-,9+/m0/s1. The first-order valence-electron chi connectivity index (χ1n) is 6.00. The van der Waals surface area contributed by atoms with Crippen molar-refractivity contribution in [1.29, 1.82) is 0 Å². The summed E-state index contributed by atoms with van der Waals surface area (Å²) in [4.78, 5) is 27.0. The van der Waals surface area contributed by atoms with Gasteiger partial charge in [0, 0.05) is 25.9 Å². The van der Waals surface area contributed by atoms with Gasteiger partial charge < -0.3 is 9.64 Å². The molecule has 0 bridgehead atoms. The summed E-state index contributed by atoms with van der Waals surface area (Å²) in [6, 6.07) is -0.461. The van der Waals surface area contributed by atoms with E-state index in [1.807, 2.05) is 20.8 Å². The number of likely N-dealkylation sites (tertiary alicyclic amines) is 1. The molecular weight excluding hydrogens is 252 g/mol. The number of ether oxygens (including phenoxy) is 1. The van der Waals surface area contributed by atoms with Crippen LogP contribution < -0.4 is 0 Å². The van der Waals surface area contributed by atoms with Crippen molar-refractivity contribution in [3.05, 3.63) is 0 Å². The normalized spacial score (nSPS) is 24.0. The van der Waals surface area contributed by atoms with Gasteiger partial charge in [-0.3, -0.25) is 9.69 Å². The van der Waals surface area contributed by atoms with Crippen LogP contribution in [0.15, 0.2) is 0 Å². The summed E-state index contributed by atoms with van der Waals surface area (Å²) in [6.45, 7) is 5.87. The van der Waals surface area contributed by atoms with E-state index in [1.54, 1.807) is 14.1 Å². The molecule has 0 aromatic carbocycles. The zero-order chi connectivity index (χ0) is 14.1. The Morgan fingerprint density at radius 1 is 1.33 bits per heavy atom. The van der Waals surface area contributed by atoms with E-state index in [-0.39, 0.29) is 11.2 Å². The van der Waals surface area contributed by atoms with E-state index < -0.39 is 17.7 Å². The lowest BCUT2D eigenvalue weighted by Gasteiger charge is -2.29. The minimum absolute atomic E-state index is 0.0198. The van der Waals surface area contributed by atoms with Gasteiger partial charge in [-0.25, -0.2) is 4.79 Å². The minimum Gasteiger partial charge on any atom is -0.444 e. The molecule has 18 heavy (non-hydrogen) atoms. The Morgan fingerprint density at radius 3 is 2.33 bits per heavy atom. The quantitative estimate of drug-likeness (QED) is 0.735. The Bertz CT molecular complexity index is 339. The number of nitrogens with zero attached hydrogens (tertiary/aromatic N) is 2. The van der Waals surface area contributed by atoms with Crippen LogP contribution in [0.1, 0.15) is 27.2 Å². The maximum absolute atomic E-state index is 12.0. The predicted molar refractivity (Wildman–Crippen MR) is 72.8 cm³/mol. The molecule has 0 N–H and O–H groups in total. The summed E-state index contributed by atoms with van der Waals surface area (Å²) in [5.74, 6) is -0.0857. The van der Waals surface area contributed by atoms with Crippen LogP contribution in [0.3, 0.4) is 0 Å². The molecule has 2 atom stereocenters. The monoisotopic (exact) mass is 274 g/mol. The van der Waals surface area contributed by atoms with Crippen LogP contribution in [0.5, 0.6) is 0 Å². The molecule has 0 radical (unpaired) electrons. The van der Waals surface area contributed by atoms with Crippen LogP contribution in [0, 0.1) is 0 Å². The molecule has 1 saturated heterocycles. The van der Waals surface area contributed by atoms with Crippen molar-refractivity contribution in [2.24, 2.45) is 0 Å². The van der Waals surface area contributed by atoms with Crippen LogP contribution in [-0.4, -0.2) is 59.3 Å². The molecule has 0 aromatic rings. The molecule has 1 aliphatic rings. The highest BCUT2D eigenvalue weighted by Crippen LogP contribution is 2.25. The van der Waals surface area contributed by atoms with Gasteiger partial charge in [0.15, 0.2) is 0 Å². The van der Waals surface area contributed by atoms with Gasteiger partial charge in [0.1, 0.15) is 11.6 Å². The lowest BCUT2D eigenvalue weighted by atomic mass is 10.2. The molecule has 5 nitrogen and oxygen atoms in total. The zero-order valence-electron chi connectivity index (χ0n) is 11.6. The molecule has 0 unspecified atom stereocenters. The van der Waals surface area contributed by atoms with Gasteiger partial charge in [0.2, 0.25) is 5.91 Å². The summed E-state index contributed by atoms with van der Waals surface area (Å²) in [5, 5.41) is 0.0198. The topological polar surface area (TPSA) is 49.9 Å². The third kappa shape index (κ3) is 3.80. The van der Waals surface area contributed by atoms with Crippen molar-refractivity contribution < 1.29 is 14.3 Å². The van der Waals surface area contributed by atoms with E-state index in [9.17, 15) is 9.59 Å². The van der Waals surface area contributed by atoms with Gasteiger partial charge in [-0.05, 0) is 27.2 Å². The van der Waals surface area contributed by atoms with Gasteiger partial charge in [-0.2, -0.15) is 12.6 Å². The SMILES string of the molecule is CN(C)C(=O)[C@H]1C[C@H](S)CN1C(=O)OC(C)(C)C. The van der Waals surface area contributed by atoms with Crippen LogP contribution in [0.4, 0.5) is 4.79 Å². The third-order valence-electron chi connectivity index (χ3n) is 2.63. The second-order valence-electron chi connectivity index (χ2n) is 5.77. The fraction of sp³-hybridized carbons (Fsp3) is 0.833. The van der Waals surface area contributed by atoms with E-state index >= 15 is 0 Å². The van der Waals surface area contributed by atoms with Crippen LogP contribution >= 0.6 is 12.6 Å². The lowest BCUT2D eigenvalue weighted by Crippen LogP contribution is -2.47. The maximum Gasteiger partial charge on any atom is 0.411 e. The molecule has 0 saturated carbocycles. The van der Waals surface area contributed by atoms with Crippen molar-refractivity contribution in [2.45, 2.75) is 44.1 Å². The van der Waals surface area contributed by atoms with E-state index in [1.165, 1.54) is 9.80 Å². The average Bonchev–Trinajstić information content (AvgIpc) is 2.56. The van der Waals surface area contributed by atoms with E-state index in [4.69, 9.17) is 4.74 Å². The molecule has 0 spiro atoms. The summed E-state index contributed by atoms with van der Waals surface area (Å²) in [6.07, 6.45) is 0.124. The van der Waals surface area contributed by atoms with E-state index in [0.717, 1.165) is 0 Å². The van der Waals surface area contributed by atoms with Gasteiger partial charge in [0.25, 0.3) is 0 Å². The molecule has 104 valence electrons. The number of amides is 2. The van der Waals surface area contributed by atoms with Crippen molar-refractivity contribution >= 4 is 24.6 Å². The molecule has 2 amide bonds. The molecule has 0 aliphatic carbocycles. The number of likely N-dealkylation sites (N-methyl/N-ethyl adjacent to an activating group) is 1. The number of hydrogen-bond donors (Lipinski definition) is 1. The summed E-state index contributed by atoms with van der Waals surface area (Å²) < 4.78 is 5.31. The number of hydrogen-bond acceptors (Lipinski definition) is 4. The first-order chi connectivity index (χ1) is 8.11. The number of thiol groups is 1. The number of carbonyl (C=O) groups is 2. The highest BCUT2D eigenvalue weighted by Gasteiger charge is 2.40.